The van der Waals surface area contributed by atoms with E-state index in [-0.39, 0.29) is 5.91 Å². The SMILES string of the molecule is Cc1ccc(-n2c(C)c(Br)c(/C=N\NC(=O)c3ccncc3)c2C)cc1C. The number of carbonyl (C=O) groups excluding carboxylic acids is 1. The lowest BCUT2D eigenvalue weighted by Gasteiger charge is -2.11. The Morgan fingerprint density at radius 1 is 1.07 bits per heavy atom. The summed E-state index contributed by atoms with van der Waals surface area (Å²) >= 11 is 3.66. The zero-order chi connectivity index (χ0) is 19.6. The van der Waals surface area contributed by atoms with Gasteiger partial charge in [-0.1, -0.05) is 6.07 Å². The Hall–Kier alpha value is -2.73. The number of hydrazone groups is 1. The van der Waals surface area contributed by atoms with Gasteiger partial charge in [0.05, 0.1) is 6.21 Å². The molecular weight excluding hydrogens is 404 g/mol. The van der Waals surface area contributed by atoms with Gasteiger partial charge in [-0.05, 0) is 79.0 Å². The number of benzene rings is 1. The van der Waals surface area contributed by atoms with Crippen LogP contribution in [-0.4, -0.2) is 21.7 Å². The van der Waals surface area contributed by atoms with E-state index in [1.54, 1.807) is 30.7 Å². The number of nitrogens with zero attached hydrogens (tertiary/aromatic N) is 3. The van der Waals surface area contributed by atoms with E-state index in [0.717, 1.165) is 27.1 Å². The van der Waals surface area contributed by atoms with Crippen LogP contribution in [0.4, 0.5) is 0 Å². The molecule has 0 bridgehead atoms. The molecule has 27 heavy (non-hydrogen) atoms. The minimum absolute atomic E-state index is 0.271. The summed E-state index contributed by atoms with van der Waals surface area (Å²) in [6.45, 7) is 8.31. The molecule has 0 fully saturated rings. The highest BCUT2D eigenvalue weighted by molar-refractivity contribution is 9.10. The maximum absolute atomic E-state index is 12.1. The van der Waals surface area contributed by atoms with Crippen molar-refractivity contribution in [2.75, 3.05) is 0 Å². The van der Waals surface area contributed by atoms with Crippen molar-refractivity contribution in [1.29, 1.82) is 0 Å². The van der Waals surface area contributed by atoms with Gasteiger partial charge in [0.25, 0.3) is 5.91 Å². The number of aryl methyl sites for hydroxylation is 2. The van der Waals surface area contributed by atoms with Crippen LogP contribution in [0.2, 0.25) is 0 Å². The summed E-state index contributed by atoms with van der Waals surface area (Å²) in [6.07, 6.45) is 4.82. The second kappa shape index (κ2) is 7.88. The van der Waals surface area contributed by atoms with E-state index in [4.69, 9.17) is 0 Å². The van der Waals surface area contributed by atoms with E-state index >= 15 is 0 Å². The smallest absolute Gasteiger partial charge is 0.271 e. The second-order valence-electron chi connectivity index (χ2n) is 6.44. The highest BCUT2D eigenvalue weighted by Crippen LogP contribution is 2.30. The molecule has 0 radical (unpaired) electrons. The molecule has 5 nitrogen and oxygen atoms in total. The fraction of sp³-hybridized carbons (Fsp3) is 0.190. The van der Waals surface area contributed by atoms with Crippen LogP contribution in [0.15, 0.2) is 52.3 Å². The number of aromatic nitrogens is 2. The molecule has 1 amide bonds. The summed E-state index contributed by atoms with van der Waals surface area (Å²) in [6, 6.07) is 9.70. The van der Waals surface area contributed by atoms with Crippen molar-refractivity contribution >= 4 is 28.1 Å². The van der Waals surface area contributed by atoms with Crippen molar-refractivity contribution < 1.29 is 4.79 Å². The molecule has 3 rings (SSSR count). The van der Waals surface area contributed by atoms with Gasteiger partial charge in [-0.2, -0.15) is 5.10 Å². The molecule has 0 unspecified atom stereocenters. The van der Waals surface area contributed by atoms with Crippen molar-refractivity contribution in [2.45, 2.75) is 27.7 Å². The molecule has 6 heteroatoms. The monoisotopic (exact) mass is 424 g/mol. The first-order valence-electron chi connectivity index (χ1n) is 8.58. The molecule has 3 aromatic rings. The standard InChI is InChI=1S/C21H21BrN4O/c1-13-5-6-18(11-14(13)2)26-15(3)19(20(22)16(26)4)12-24-25-21(27)17-7-9-23-10-8-17/h5-12H,1-4H3,(H,25,27)/b24-12-. The number of rotatable bonds is 4. The van der Waals surface area contributed by atoms with E-state index in [1.165, 1.54) is 11.1 Å². The molecule has 0 saturated carbocycles. The van der Waals surface area contributed by atoms with E-state index < -0.39 is 0 Å². The molecule has 2 aromatic heterocycles. The molecule has 2 heterocycles. The van der Waals surface area contributed by atoms with E-state index in [0.29, 0.717) is 5.56 Å². The van der Waals surface area contributed by atoms with Crippen LogP contribution in [0.5, 0.6) is 0 Å². The Balaban J connectivity index is 1.89. The number of hydrogen-bond acceptors (Lipinski definition) is 3. The average Bonchev–Trinajstić information content (AvgIpc) is 2.88. The van der Waals surface area contributed by atoms with E-state index in [9.17, 15) is 4.79 Å². The predicted octanol–water partition coefficient (Wildman–Crippen LogP) is 4.63. The van der Waals surface area contributed by atoms with Crippen LogP contribution >= 0.6 is 15.9 Å². The minimum atomic E-state index is -0.271. The predicted molar refractivity (Wildman–Crippen MR) is 112 cm³/mol. The first-order chi connectivity index (χ1) is 12.9. The molecule has 0 atom stereocenters. The summed E-state index contributed by atoms with van der Waals surface area (Å²) in [7, 11) is 0. The van der Waals surface area contributed by atoms with Gasteiger partial charge in [0, 0.05) is 45.1 Å². The maximum atomic E-state index is 12.1. The van der Waals surface area contributed by atoms with Crippen LogP contribution in [0.3, 0.4) is 0 Å². The maximum Gasteiger partial charge on any atom is 0.271 e. The van der Waals surface area contributed by atoms with Gasteiger partial charge in [-0.15, -0.1) is 0 Å². The van der Waals surface area contributed by atoms with E-state index in [2.05, 4.69) is 75.0 Å². The Kier molecular flexibility index (Phi) is 5.56. The Labute approximate surface area is 167 Å². The van der Waals surface area contributed by atoms with E-state index in [1.807, 2.05) is 6.92 Å². The summed E-state index contributed by atoms with van der Waals surface area (Å²) < 4.78 is 3.14. The second-order valence-corrected chi connectivity index (χ2v) is 7.23. The van der Waals surface area contributed by atoms with Crippen LogP contribution in [0, 0.1) is 27.7 Å². The largest absolute Gasteiger partial charge is 0.317 e. The van der Waals surface area contributed by atoms with Gasteiger partial charge < -0.3 is 4.57 Å². The highest BCUT2D eigenvalue weighted by atomic mass is 79.9. The highest BCUT2D eigenvalue weighted by Gasteiger charge is 2.16. The molecule has 1 N–H and O–H groups in total. The van der Waals surface area contributed by atoms with Crippen LogP contribution in [0.1, 0.15) is 38.4 Å². The van der Waals surface area contributed by atoms with Crippen molar-refractivity contribution in [1.82, 2.24) is 15.0 Å². The fourth-order valence-corrected chi connectivity index (χ4v) is 3.52. The molecule has 0 aliphatic rings. The number of carbonyl (C=O) groups is 1. The molecule has 0 saturated heterocycles. The number of hydrogen-bond donors (Lipinski definition) is 1. The number of halogens is 1. The summed E-state index contributed by atoms with van der Waals surface area (Å²) in [4.78, 5) is 16.0. The van der Waals surface area contributed by atoms with Gasteiger partial charge in [0.15, 0.2) is 0 Å². The third kappa shape index (κ3) is 3.85. The zero-order valence-electron chi connectivity index (χ0n) is 15.7. The lowest BCUT2D eigenvalue weighted by atomic mass is 10.1. The minimum Gasteiger partial charge on any atom is -0.317 e. The Morgan fingerprint density at radius 3 is 2.44 bits per heavy atom. The van der Waals surface area contributed by atoms with Crippen molar-refractivity contribution in [3.63, 3.8) is 0 Å². The summed E-state index contributed by atoms with van der Waals surface area (Å²) in [5, 5.41) is 4.13. The molecule has 1 aromatic carbocycles. The van der Waals surface area contributed by atoms with Gasteiger partial charge in [0.2, 0.25) is 0 Å². The quantitative estimate of drug-likeness (QED) is 0.490. The third-order valence-electron chi connectivity index (χ3n) is 4.67. The fourth-order valence-electron chi connectivity index (χ4n) is 2.95. The molecule has 0 spiro atoms. The molecular formula is C21H21BrN4O. The normalized spacial score (nSPS) is 11.1. The van der Waals surface area contributed by atoms with Crippen LogP contribution < -0.4 is 5.43 Å². The average molecular weight is 425 g/mol. The van der Waals surface area contributed by atoms with Gasteiger partial charge in [-0.3, -0.25) is 9.78 Å². The Bertz CT molecular complexity index is 1020. The number of amides is 1. The molecule has 138 valence electrons. The first kappa shape index (κ1) is 19.0. The van der Waals surface area contributed by atoms with Crippen LogP contribution in [-0.2, 0) is 0 Å². The zero-order valence-corrected chi connectivity index (χ0v) is 17.3. The van der Waals surface area contributed by atoms with Gasteiger partial charge in [-0.25, -0.2) is 5.43 Å². The Morgan fingerprint density at radius 2 is 1.78 bits per heavy atom. The van der Waals surface area contributed by atoms with Gasteiger partial charge >= 0.3 is 0 Å². The van der Waals surface area contributed by atoms with Crippen LogP contribution in [0.25, 0.3) is 5.69 Å². The van der Waals surface area contributed by atoms with Gasteiger partial charge in [0.1, 0.15) is 0 Å². The van der Waals surface area contributed by atoms with Crippen molar-refractivity contribution in [3.05, 3.63) is 80.8 Å². The lowest BCUT2D eigenvalue weighted by molar-refractivity contribution is 0.0955. The molecule has 0 aliphatic heterocycles. The van der Waals surface area contributed by atoms with Crippen molar-refractivity contribution in [2.24, 2.45) is 5.10 Å². The number of nitrogens with one attached hydrogen (secondary N) is 1. The lowest BCUT2D eigenvalue weighted by Crippen LogP contribution is -2.17. The summed E-state index contributed by atoms with van der Waals surface area (Å²) in [5.74, 6) is -0.271. The number of pyridine rings is 1. The topological polar surface area (TPSA) is 59.3 Å². The first-order valence-corrected chi connectivity index (χ1v) is 9.38. The summed E-state index contributed by atoms with van der Waals surface area (Å²) in [5.41, 5.74) is 9.75. The third-order valence-corrected chi connectivity index (χ3v) is 5.67. The molecule has 0 aliphatic carbocycles. The van der Waals surface area contributed by atoms with Crippen molar-refractivity contribution in [3.8, 4) is 5.69 Å².